The van der Waals surface area contributed by atoms with Crippen molar-refractivity contribution in [3.8, 4) is 11.8 Å². The molecule has 1 aliphatic heterocycles. The molecule has 1 aliphatic rings. The van der Waals surface area contributed by atoms with Gasteiger partial charge in [0.2, 0.25) is 0 Å². The molecule has 80 valence electrons. The third-order valence-electron chi connectivity index (χ3n) is 2.85. The molecule has 14 heavy (non-hydrogen) atoms. The highest BCUT2D eigenvalue weighted by molar-refractivity contribution is 5.00. The Labute approximate surface area is 86.6 Å². The van der Waals surface area contributed by atoms with Crippen LogP contribution in [0, 0.1) is 11.8 Å². The number of hydrogen-bond acceptors (Lipinski definition) is 3. The van der Waals surface area contributed by atoms with Crippen molar-refractivity contribution in [1.29, 1.82) is 0 Å². The molecule has 0 aliphatic carbocycles. The van der Waals surface area contributed by atoms with Crippen LogP contribution in [0.4, 0.5) is 0 Å². The van der Waals surface area contributed by atoms with Crippen LogP contribution in [0.3, 0.4) is 0 Å². The van der Waals surface area contributed by atoms with Gasteiger partial charge in [-0.1, -0.05) is 5.92 Å². The standard InChI is InChI=1S/C11H20N2O/c1-3-4-6-13-7-5-11(14-2)8-10(13)9-12/h10-11H,5-9,12H2,1-2H3. The van der Waals surface area contributed by atoms with Crippen LogP contribution in [0.15, 0.2) is 0 Å². The van der Waals surface area contributed by atoms with Crippen molar-refractivity contribution in [2.24, 2.45) is 5.73 Å². The average Bonchev–Trinajstić information content (AvgIpc) is 2.26. The van der Waals surface area contributed by atoms with Crippen molar-refractivity contribution >= 4 is 0 Å². The molecule has 0 aromatic heterocycles. The SMILES string of the molecule is CC#CCN1CCC(OC)CC1CN. The summed E-state index contributed by atoms with van der Waals surface area (Å²) in [6, 6.07) is 0.439. The van der Waals surface area contributed by atoms with E-state index in [0.717, 1.165) is 25.9 Å². The Morgan fingerprint density at radius 3 is 2.93 bits per heavy atom. The second-order valence-corrected chi connectivity index (χ2v) is 3.67. The molecule has 1 heterocycles. The van der Waals surface area contributed by atoms with Crippen LogP contribution in [-0.2, 0) is 4.74 Å². The maximum absolute atomic E-state index is 5.74. The highest BCUT2D eigenvalue weighted by atomic mass is 16.5. The summed E-state index contributed by atoms with van der Waals surface area (Å²) in [6.45, 7) is 4.47. The monoisotopic (exact) mass is 196 g/mol. The number of rotatable bonds is 3. The summed E-state index contributed by atoms with van der Waals surface area (Å²) in [5.41, 5.74) is 5.74. The lowest BCUT2D eigenvalue weighted by atomic mass is 9.99. The van der Waals surface area contributed by atoms with Gasteiger partial charge < -0.3 is 10.5 Å². The van der Waals surface area contributed by atoms with E-state index in [1.165, 1.54) is 0 Å². The normalized spacial score (nSPS) is 28.2. The van der Waals surface area contributed by atoms with E-state index in [9.17, 15) is 0 Å². The summed E-state index contributed by atoms with van der Waals surface area (Å²) in [4.78, 5) is 2.35. The van der Waals surface area contributed by atoms with Crippen molar-refractivity contribution in [2.45, 2.75) is 31.9 Å². The minimum atomic E-state index is 0.384. The Morgan fingerprint density at radius 1 is 1.57 bits per heavy atom. The van der Waals surface area contributed by atoms with Gasteiger partial charge in [-0.05, 0) is 19.8 Å². The number of nitrogens with zero attached hydrogens (tertiary/aromatic N) is 1. The van der Waals surface area contributed by atoms with Crippen LogP contribution in [0.2, 0.25) is 0 Å². The molecule has 2 N–H and O–H groups in total. The van der Waals surface area contributed by atoms with Crippen LogP contribution in [0.25, 0.3) is 0 Å². The van der Waals surface area contributed by atoms with E-state index < -0.39 is 0 Å². The van der Waals surface area contributed by atoms with E-state index in [1.807, 2.05) is 6.92 Å². The summed E-state index contributed by atoms with van der Waals surface area (Å²) < 4.78 is 5.36. The lowest BCUT2D eigenvalue weighted by Crippen LogP contribution is -2.48. The number of hydrogen-bond donors (Lipinski definition) is 1. The molecule has 3 heteroatoms. The van der Waals surface area contributed by atoms with Crippen LogP contribution in [0.5, 0.6) is 0 Å². The fourth-order valence-corrected chi connectivity index (χ4v) is 1.91. The third kappa shape index (κ3) is 2.98. The van der Waals surface area contributed by atoms with E-state index in [2.05, 4.69) is 16.7 Å². The molecule has 1 saturated heterocycles. The summed E-state index contributed by atoms with van der Waals surface area (Å²) in [5.74, 6) is 6.02. The summed E-state index contributed by atoms with van der Waals surface area (Å²) in [7, 11) is 1.78. The molecule has 1 rings (SSSR count). The summed E-state index contributed by atoms with van der Waals surface area (Å²) in [6.07, 6.45) is 2.52. The smallest absolute Gasteiger partial charge is 0.0604 e. The molecule has 2 atom stereocenters. The first-order chi connectivity index (χ1) is 6.81. The Kier molecular flexibility index (Phi) is 4.95. The van der Waals surface area contributed by atoms with Crippen LogP contribution < -0.4 is 5.73 Å². The van der Waals surface area contributed by atoms with Crippen molar-refractivity contribution in [1.82, 2.24) is 4.90 Å². The molecular weight excluding hydrogens is 176 g/mol. The predicted molar refractivity (Wildman–Crippen MR) is 57.9 cm³/mol. The van der Waals surface area contributed by atoms with Crippen molar-refractivity contribution < 1.29 is 4.74 Å². The topological polar surface area (TPSA) is 38.5 Å². The first-order valence-corrected chi connectivity index (χ1v) is 5.18. The fourth-order valence-electron chi connectivity index (χ4n) is 1.91. The van der Waals surface area contributed by atoms with Crippen LogP contribution in [-0.4, -0.2) is 43.8 Å². The zero-order valence-corrected chi connectivity index (χ0v) is 9.12. The Balaban J connectivity index is 2.46. The zero-order valence-electron chi connectivity index (χ0n) is 9.12. The van der Waals surface area contributed by atoms with Gasteiger partial charge in [0, 0.05) is 26.2 Å². The molecule has 0 spiro atoms. The van der Waals surface area contributed by atoms with Crippen LogP contribution >= 0.6 is 0 Å². The molecule has 0 aromatic rings. The van der Waals surface area contributed by atoms with Crippen LogP contribution in [0.1, 0.15) is 19.8 Å². The van der Waals surface area contributed by atoms with E-state index in [4.69, 9.17) is 10.5 Å². The van der Waals surface area contributed by atoms with E-state index in [-0.39, 0.29) is 0 Å². The molecule has 0 bridgehead atoms. The van der Waals surface area contributed by atoms with Gasteiger partial charge in [0.1, 0.15) is 0 Å². The second-order valence-electron chi connectivity index (χ2n) is 3.67. The van der Waals surface area contributed by atoms with Gasteiger partial charge in [0.05, 0.1) is 12.6 Å². The van der Waals surface area contributed by atoms with E-state index in [0.29, 0.717) is 18.7 Å². The average molecular weight is 196 g/mol. The Morgan fingerprint density at radius 2 is 2.36 bits per heavy atom. The first-order valence-electron chi connectivity index (χ1n) is 5.18. The fraction of sp³-hybridized carbons (Fsp3) is 0.818. The Bertz CT molecular complexity index is 219. The van der Waals surface area contributed by atoms with Gasteiger partial charge >= 0.3 is 0 Å². The molecule has 3 nitrogen and oxygen atoms in total. The molecule has 0 aromatic carbocycles. The van der Waals surface area contributed by atoms with Gasteiger partial charge in [-0.3, -0.25) is 4.90 Å². The first kappa shape index (κ1) is 11.5. The molecule has 2 unspecified atom stereocenters. The number of piperidine rings is 1. The van der Waals surface area contributed by atoms with Crippen molar-refractivity contribution in [3.05, 3.63) is 0 Å². The van der Waals surface area contributed by atoms with E-state index in [1.54, 1.807) is 7.11 Å². The van der Waals surface area contributed by atoms with Crippen molar-refractivity contribution in [3.63, 3.8) is 0 Å². The minimum absolute atomic E-state index is 0.384. The molecule has 1 fully saturated rings. The highest BCUT2D eigenvalue weighted by Crippen LogP contribution is 2.18. The lowest BCUT2D eigenvalue weighted by molar-refractivity contribution is 0.0184. The second kappa shape index (κ2) is 6.02. The summed E-state index contributed by atoms with van der Waals surface area (Å²) in [5, 5.41) is 0. The van der Waals surface area contributed by atoms with Gasteiger partial charge in [-0.2, -0.15) is 0 Å². The predicted octanol–water partition coefficient (Wildman–Crippen LogP) is 0.448. The Hall–Kier alpha value is -0.560. The van der Waals surface area contributed by atoms with Gasteiger partial charge in [-0.25, -0.2) is 0 Å². The third-order valence-corrected chi connectivity index (χ3v) is 2.85. The number of likely N-dealkylation sites (tertiary alicyclic amines) is 1. The van der Waals surface area contributed by atoms with Gasteiger partial charge in [0.15, 0.2) is 0 Å². The van der Waals surface area contributed by atoms with E-state index >= 15 is 0 Å². The molecule has 0 amide bonds. The zero-order chi connectivity index (χ0) is 10.4. The molecular formula is C11H20N2O. The van der Waals surface area contributed by atoms with Crippen molar-refractivity contribution in [2.75, 3.05) is 26.7 Å². The van der Waals surface area contributed by atoms with Gasteiger partial charge in [0.25, 0.3) is 0 Å². The quantitative estimate of drug-likeness (QED) is 0.666. The maximum Gasteiger partial charge on any atom is 0.0604 e. The number of methoxy groups -OCH3 is 1. The minimum Gasteiger partial charge on any atom is -0.381 e. The largest absolute Gasteiger partial charge is 0.381 e. The number of nitrogens with two attached hydrogens (primary N) is 1. The molecule has 0 saturated carbocycles. The highest BCUT2D eigenvalue weighted by Gasteiger charge is 2.26. The molecule has 0 radical (unpaired) electrons. The maximum atomic E-state index is 5.74. The van der Waals surface area contributed by atoms with Gasteiger partial charge in [-0.15, -0.1) is 5.92 Å². The lowest BCUT2D eigenvalue weighted by Gasteiger charge is -2.37. The number of ether oxygens (including phenoxy) is 1. The summed E-state index contributed by atoms with van der Waals surface area (Å²) >= 11 is 0.